The molecule has 0 aliphatic heterocycles. The smallest absolute Gasteiger partial charge is 0.220 e. The molecular formula is C10H22N2O2. The van der Waals surface area contributed by atoms with Gasteiger partial charge in [0.1, 0.15) is 0 Å². The summed E-state index contributed by atoms with van der Waals surface area (Å²) in [5, 5.41) is 2.83. The molecule has 0 fully saturated rings. The molecule has 84 valence electrons. The first-order chi connectivity index (χ1) is 6.70. The average Bonchev–Trinajstić information content (AvgIpc) is 2.17. The van der Waals surface area contributed by atoms with Gasteiger partial charge in [-0.25, -0.2) is 0 Å². The minimum atomic E-state index is 0.0828. The van der Waals surface area contributed by atoms with Gasteiger partial charge in [0.2, 0.25) is 5.91 Å². The summed E-state index contributed by atoms with van der Waals surface area (Å²) in [6.45, 7) is 6.63. The van der Waals surface area contributed by atoms with Crippen molar-refractivity contribution in [2.45, 2.75) is 26.7 Å². The first-order valence-electron chi connectivity index (χ1n) is 5.25. The second-order valence-electron chi connectivity index (χ2n) is 3.45. The lowest BCUT2D eigenvalue weighted by atomic mass is 10.1. The lowest BCUT2D eigenvalue weighted by Gasteiger charge is -2.08. The van der Waals surface area contributed by atoms with Crippen LogP contribution in [-0.2, 0) is 9.53 Å². The highest BCUT2D eigenvalue weighted by Crippen LogP contribution is 1.97. The third-order valence-corrected chi connectivity index (χ3v) is 1.93. The minimum Gasteiger partial charge on any atom is -0.382 e. The van der Waals surface area contributed by atoms with Crippen LogP contribution in [0.25, 0.3) is 0 Å². The second-order valence-corrected chi connectivity index (χ2v) is 3.45. The van der Waals surface area contributed by atoms with E-state index >= 15 is 0 Å². The Bertz CT molecular complexity index is 151. The van der Waals surface area contributed by atoms with Crippen LogP contribution in [0.4, 0.5) is 0 Å². The monoisotopic (exact) mass is 202 g/mol. The number of carbonyl (C=O) groups excluding carboxylic acids is 1. The van der Waals surface area contributed by atoms with Gasteiger partial charge in [-0.3, -0.25) is 4.79 Å². The molecule has 3 N–H and O–H groups in total. The number of ether oxygens (including phenoxy) is 1. The Labute approximate surface area is 86.2 Å². The molecule has 0 aliphatic carbocycles. The van der Waals surface area contributed by atoms with Crippen LogP contribution in [-0.4, -0.2) is 32.2 Å². The first kappa shape index (κ1) is 13.4. The fraction of sp³-hybridized carbons (Fsp3) is 0.900. The van der Waals surface area contributed by atoms with Gasteiger partial charge in [0.05, 0.1) is 0 Å². The fourth-order valence-electron chi connectivity index (χ4n) is 1.02. The topological polar surface area (TPSA) is 64.3 Å². The number of carbonyl (C=O) groups is 1. The lowest BCUT2D eigenvalue weighted by molar-refractivity contribution is -0.121. The molecule has 0 rings (SSSR count). The number of hydrogen-bond acceptors (Lipinski definition) is 3. The lowest BCUT2D eigenvalue weighted by Crippen LogP contribution is -2.28. The number of hydrogen-bond donors (Lipinski definition) is 2. The standard InChI is InChI=1S/C10H22N2O2/c1-3-14-6-4-5-12-10(13)7-9(2)8-11/h9H,3-8,11H2,1-2H3,(H,12,13). The Hall–Kier alpha value is -0.610. The molecule has 4 nitrogen and oxygen atoms in total. The molecule has 0 heterocycles. The highest BCUT2D eigenvalue weighted by atomic mass is 16.5. The highest BCUT2D eigenvalue weighted by Gasteiger charge is 2.05. The normalized spacial score (nSPS) is 12.5. The van der Waals surface area contributed by atoms with Gasteiger partial charge in [-0.05, 0) is 25.8 Å². The van der Waals surface area contributed by atoms with Gasteiger partial charge in [0.15, 0.2) is 0 Å². The summed E-state index contributed by atoms with van der Waals surface area (Å²) >= 11 is 0. The van der Waals surface area contributed by atoms with Crippen molar-refractivity contribution in [1.82, 2.24) is 5.32 Å². The van der Waals surface area contributed by atoms with Crippen molar-refractivity contribution < 1.29 is 9.53 Å². The molecular weight excluding hydrogens is 180 g/mol. The Morgan fingerprint density at radius 3 is 2.86 bits per heavy atom. The Kier molecular flexibility index (Phi) is 8.57. The van der Waals surface area contributed by atoms with E-state index in [1.807, 2.05) is 13.8 Å². The van der Waals surface area contributed by atoms with E-state index in [1.54, 1.807) is 0 Å². The summed E-state index contributed by atoms with van der Waals surface area (Å²) in [4.78, 5) is 11.2. The van der Waals surface area contributed by atoms with Gasteiger partial charge >= 0.3 is 0 Å². The fourth-order valence-corrected chi connectivity index (χ4v) is 1.02. The van der Waals surface area contributed by atoms with Crippen molar-refractivity contribution in [2.24, 2.45) is 11.7 Å². The molecule has 14 heavy (non-hydrogen) atoms. The van der Waals surface area contributed by atoms with Crippen LogP contribution in [0, 0.1) is 5.92 Å². The van der Waals surface area contributed by atoms with Crippen LogP contribution in [0.15, 0.2) is 0 Å². The summed E-state index contributed by atoms with van der Waals surface area (Å²) in [5.41, 5.74) is 5.41. The third kappa shape index (κ3) is 8.01. The van der Waals surface area contributed by atoms with Gasteiger partial charge in [0, 0.05) is 26.2 Å². The van der Waals surface area contributed by atoms with E-state index < -0.39 is 0 Å². The van der Waals surface area contributed by atoms with Crippen molar-refractivity contribution in [3.63, 3.8) is 0 Å². The van der Waals surface area contributed by atoms with Gasteiger partial charge in [-0.2, -0.15) is 0 Å². The van der Waals surface area contributed by atoms with Gasteiger partial charge in [-0.1, -0.05) is 6.92 Å². The van der Waals surface area contributed by atoms with Crippen molar-refractivity contribution in [3.8, 4) is 0 Å². The SMILES string of the molecule is CCOCCCNC(=O)CC(C)CN. The first-order valence-corrected chi connectivity index (χ1v) is 5.25. The second kappa shape index (κ2) is 8.97. The van der Waals surface area contributed by atoms with Gasteiger partial charge in [0.25, 0.3) is 0 Å². The van der Waals surface area contributed by atoms with Crippen LogP contribution < -0.4 is 11.1 Å². The molecule has 0 aliphatic rings. The predicted octanol–water partition coefficient (Wildman–Crippen LogP) is 0.514. The van der Waals surface area contributed by atoms with E-state index in [2.05, 4.69) is 5.32 Å². The molecule has 0 aromatic carbocycles. The van der Waals surface area contributed by atoms with Gasteiger partial charge < -0.3 is 15.8 Å². The number of amides is 1. The number of nitrogens with two attached hydrogens (primary N) is 1. The van der Waals surface area contributed by atoms with E-state index in [1.165, 1.54) is 0 Å². The van der Waals surface area contributed by atoms with E-state index in [9.17, 15) is 4.79 Å². The molecule has 0 bridgehead atoms. The largest absolute Gasteiger partial charge is 0.382 e. The molecule has 0 radical (unpaired) electrons. The minimum absolute atomic E-state index is 0.0828. The van der Waals surface area contributed by atoms with E-state index in [4.69, 9.17) is 10.5 Å². The molecule has 1 unspecified atom stereocenters. The maximum Gasteiger partial charge on any atom is 0.220 e. The quantitative estimate of drug-likeness (QED) is 0.564. The van der Waals surface area contributed by atoms with Crippen molar-refractivity contribution in [2.75, 3.05) is 26.3 Å². The molecule has 1 atom stereocenters. The van der Waals surface area contributed by atoms with Crippen LogP contribution in [0.1, 0.15) is 26.7 Å². The van der Waals surface area contributed by atoms with Crippen LogP contribution in [0.3, 0.4) is 0 Å². The molecule has 1 amide bonds. The van der Waals surface area contributed by atoms with E-state index in [0.29, 0.717) is 26.1 Å². The zero-order valence-corrected chi connectivity index (χ0v) is 9.21. The Morgan fingerprint density at radius 2 is 2.29 bits per heavy atom. The average molecular weight is 202 g/mol. The maximum absolute atomic E-state index is 11.2. The van der Waals surface area contributed by atoms with Gasteiger partial charge in [-0.15, -0.1) is 0 Å². The Morgan fingerprint density at radius 1 is 1.57 bits per heavy atom. The number of rotatable bonds is 8. The summed E-state index contributed by atoms with van der Waals surface area (Å²) < 4.78 is 5.15. The summed E-state index contributed by atoms with van der Waals surface area (Å²) in [7, 11) is 0. The Balaban J connectivity index is 3.27. The molecule has 0 aromatic heterocycles. The molecule has 0 spiro atoms. The maximum atomic E-state index is 11.2. The molecule has 4 heteroatoms. The van der Waals surface area contributed by atoms with Crippen LogP contribution in [0.5, 0.6) is 0 Å². The van der Waals surface area contributed by atoms with Crippen molar-refractivity contribution >= 4 is 5.91 Å². The highest BCUT2D eigenvalue weighted by molar-refractivity contribution is 5.76. The molecule has 0 aromatic rings. The predicted molar refractivity (Wildman–Crippen MR) is 57.0 cm³/mol. The summed E-state index contributed by atoms with van der Waals surface area (Å²) in [5.74, 6) is 0.348. The zero-order chi connectivity index (χ0) is 10.8. The zero-order valence-electron chi connectivity index (χ0n) is 9.21. The summed E-state index contributed by atoms with van der Waals surface area (Å²) in [6, 6.07) is 0. The van der Waals surface area contributed by atoms with Crippen LogP contribution >= 0.6 is 0 Å². The molecule has 0 saturated carbocycles. The third-order valence-electron chi connectivity index (χ3n) is 1.93. The van der Waals surface area contributed by atoms with Crippen molar-refractivity contribution in [3.05, 3.63) is 0 Å². The molecule has 0 saturated heterocycles. The van der Waals surface area contributed by atoms with Crippen molar-refractivity contribution in [1.29, 1.82) is 0 Å². The summed E-state index contributed by atoms with van der Waals surface area (Å²) in [6.07, 6.45) is 1.39. The van der Waals surface area contributed by atoms with E-state index in [-0.39, 0.29) is 11.8 Å². The number of nitrogens with one attached hydrogen (secondary N) is 1. The van der Waals surface area contributed by atoms with E-state index in [0.717, 1.165) is 13.0 Å². The van der Waals surface area contributed by atoms with Crippen LogP contribution in [0.2, 0.25) is 0 Å².